The lowest BCUT2D eigenvalue weighted by molar-refractivity contribution is 0.917. The summed E-state index contributed by atoms with van der Waals surface area (Å²) in [6, 6.07) is 5.83. The van der Waals surface area contributed by atoms with Gasteiger partial charge in [0.15, 0.2) is 0 Å². The number of hydrogen-bond donors (Lipinski definition) is 1. The minimum atomic E-state index is 0.527. The lowest BCUT2D eigenvalue weighted by Crippen LogP contribution is -1.96. The first-order valence-corrected chi connectivity index (χ1v) is 5.44. The summed E-state index contributed by atoms with van der Waals surface area (Å²) in [4.78, 5) is 0. The second kappa shape index (κ2) is 3.57. The first-order valence-electron chi connectivity index (χ1n) is 4.27. The monoisotopic (exact) mass is 272 g/mol. The predicted octanol–water partition coefficient (Wildman–Crippen LogP) is 3.05. The molecule has 2 rings (SSSR count). The second-order valence-electron chi connectivity index (χ2n) is 3.19. The molecule has 0 aliphatic heterocycles. The van der Waals surface area contributed by atoms with Gasteiger partial charge in [0.2, 0.25) is 0 Å². The van der Waals surface area contributed by atoms with Crippen LogP contribution in [-0.2, 0) is 13.6 Å². The van der Waals surface area contributed by atoms with Crippen LogP contribution in [0.2, 0.25) is 5.02 Å². The Bertz CT molecular complexity index is 490. The van der Waals surface area contributed by atoms with Gasteiger partial charge in [0.25, 0.3) is 0 Å². The van der Waals surface area contributed by atoms with E-state index < -0.39 is 0 Å². The van der Waals surface area contributed by atoms with Crippen LogP contribution in [-0.4, -0.2) is 4.57 Å². The molecule has 0 bridgehead atoms. The highest BCUT2D eigenvalue weighted by Gasteiger charge is 2.11. The number of benzene rings is 1. The molecule has 0 spiro atoms. The molecule has 0 saturated carbocycles. The van der Waals surface area contributed by atoms with Crippen molar-refractivity contribution in [2.45, 2.75) is 6.54 Å². The van der Waals surface area contributed by atoms with E-state index in [0.717, 1.165) is 26.1 Å². The molecule has 4 heteroatoms. The first kappa shape index (κ1) is 10.0. The van der Waals surface area contributed by atoms with E-state index in [2.05, 4.69) is 15.9 Å². The minimum absolute atomic E-state index is 0.527. The van der Waals surface area contributed by atoms with Crippen LogP contribution in [0.4, 0.5) is 0 Å². The van der Waals surface area contributed by atoms with Crippen LogP contribution in [0.3, 0.4) is 0 Å². The summed E-state index contributed by atoms with van der Waals surface area (Å²) in [5, 5.41) is 1.90. The fraction of sp³-hybridized carbons (Fsp3) is 0.200. The average Bonchev–Trinajstić information content (AvgIpc) is 2.41. The maximum absolute atomic E-state index is 5.94. The average molecular weight is 274 g/mol. The lowest BCUT2D eigenvalue weighted by Gasteiger charge is -1.97. The second-order valence-corrected chi connectivity index (χ2v) is 4.38. The van der Waals surface area contributed by atoms with Crippen LogP contribution in [0.15, 0.2) is 22.8 Å². The van der Waals surface area contributed by atoms with Crippen LogP contribution in [0.25, 0.3) is 10.9 Å². The fourth-order valence-electron chi connectivity index (χ4n) is 1.65. The SMILES string of the molecule is Cn1c(Br)c(CN)c2ccc(Cl)cc21. The van der Waals surface area contributed by atoms with Gasteiger partial charge in [-0.25, -0.2) is 0 Å². The number of nitrogens with two attached hydrogens (primary N) is 1. The van der Waals surface area contributed by atoms with Gasteiger partial charge >= 0.3 is 0 Å². The summed E-state index contributed by atoms with van der Waals surface area (Å²) in [5.41, 5.74) is 7.92. The van der Waals surface area contributed by atoms with Crippen molar-refractivity contribution in [2.75, 3.05) is 0 Å². The highest BCUT2D eigenvalue weighted by Crippen LogP contribution is 2.30. The Hall–Kier alpha value is -0.510. The van der Waals surface area contributed by atoms with Gasteiger partial charge in [0, 0.05) is 29.6 Å². The maximum Gasteiger partial charge on any atom is 0.0900 e. The van der Waals surface area contributed by atoms with E-state index in [1.807, 2.05) is 29.8 Å². The van der Waals surface area contributed by atoms with Gasteiger partial charge in [-0.15, -0.1) is 0 Å². The van der Waals surface area contributed by atoms with E-state index in [9.17, 15) is 0 Å². The van der Waals surface area contributed by atoms with E-state index in [1.165, 1.54) is 0 Å². The van der Waals surface area contributed by atoms with Gasteiger partial charge in [-0.1, -0.05) is 17.7 Å². The van der Waals surface area contributed by atoms with Crippen molar-refractivity contribution >= 4 is 38.4 Å². The minimum Gasteiger partial charge on any atom is -0.338 e. The number of aryl methyl sites for hydroxylation is 1. The molecule has 1 heterocycles. The van der Waals surface area contributed by atoms with E-state index in [-0.39, 0.29) is 0 Å². The van der Waals surface area contributed by atoms with Crippen LogP contribution < -0.4 is 5.73 Å². The molecule has 1 aromatic carbocycles. The molecule has 0 aliphatic carbocycles. The van der Waals surface area contributed by atoms with Gasteiger partial charge in [-0.3, -0.25) is 0 Å². The Morgan fingerprint density at radius 2 is 2.21 bits per heavy atom. The Kier molecular flexibility index (Phi) is 2.56. The molecule has 0 unspecified atom stereocenters. The zero-order valence-electron chi connectivity index (χ0n) is 7.72. The highest BCUT2D eigenvalue weighted by molar-refractivity contribution is 9.10. The van der Waals surface area contributed by atoms with Crippen LogP contribution in [0.5, 0.6) is 0 Å². The third-order valence-electron chi connectivity index (χ3n) is 2.39. The smallest absolute Gasteiger partial charge is 0.0900 e. The number of hydrogen-bond acceptors (Lipinski definition) is 1. The molecular formula is C10H10BrClN2. The summed E-state index contributed by atoms with van der Waals surface area (Å²) in [5.74, 6) is 0. The van der Waals surface area contributed by atoms with Crippen LogP contribution in [0, 0.1) is 0 Å². The van der Waals surface area contributed by atoms with E-state index in [1.54, 1.807) is 0 Å². The molecule has 0 radical (unpaired) electrons. The Balaban J connectivity index is 2.88. The summed E-state index contributed by atoms with van der Waals surface area (Å²) in [6.45, 7) is 0.527. The summed E-state index contributed by atoms with van der Waals surface area (Å²) >= 11 is 9.45. The summed E-state index contributed by atoms with van der Waals surface area (Å²) in [6.07, 6.45) is 0. The quantitative estimate of drug-likeness (QED) is 0.850. The van der Waals surface area contributed by atoms with E-state index in [4.69, 9.17) is 17.3 Å². The third kappa shape index (κ3) is 1.36. The number of fused-ring (bicyclic) bond motifs is 1. The molecule has 14 heavy (non-hydrogen) atoms. The Morgan fingerprint density at radius 3 is 2.86 bits per heavy atom. The molecule has 74 valence electrons. The number of nitrogens with zero attached hydrogens (tertiary/aromatic N) is 1. The summed E-state index contributed by atoms with van der Waals surface area (Å²) < 4.78 is 3.07. The topological polar surface area (TPSA) is 30.9 Å². The van der Waals surface area contributed by atoms with Gasteiger partial charge in [0.05, 0.1) is 10.1 Å². The zero-order chi connectivity index (χ0) is 10.3. The molecule has 2 nitrogen and oxygen atoms in total. The Morgan fingerprint density at radius 1 is 1.50 bits per heavy atom. The number of rotatable bonds is 1. The molecule has 2 N–H and O–H groups in total. The zero-order valence-corrected chi connectivity index (χ0v) is 10.1. The van der Waals surface area contributed by atoms with E-state index >= 15 is 0 Å². The van der Waals surface area contributed by atoms with Crippen LogP contribution >= 0.6 is 27.5 Å². The Labute approximate surface area is 95.8 Å². The maximum atomic E-state index is 5.94. The molecule has 2 aromatic rings. The van der Waals surface area contributed by atoms with Crippen molar-refractivity contribution in [1.29, 1.82) is 0 Å². The number of halogens is 2. The molecule has 0 aliphatic rings. The van der Waals surface area contributed by atoms with Crippen molar-refractivity contribution < 1.29 is 0 Å². The normalized spacial score (nSPS) is 11.1. The van der Waals surface area contributed by atoms with E-state index in [0.29, 0.717) is 6.54 Å². The standard InChI is InChI=1S/C10H10BrClN2/c1-14-9-4-6(12)2-3-7(9)8(5-13)10(14)11/h2-4H,5,13H2,1H3. The van der Waals surface area contributed by atoms with Crippen molar-refractivity contribution in [3.8, 4) is 0 Å². The fourth-order valence-corrected chi connectivity index (χ4v) is 2.38. The van der Waals surface area contributed by atoms with Crippen molar-refractivity contribution in [3.05, 3.63) is 33.4 Å². The van der Waals surface area contributed by atoms with Crippen molar-refractivity contribution in [1.82, 2.24) is 4.57 Å². The summed E-state index contributed by atoms with van der Waals surface area (Å²) in [7, 11) is 1.99. The lowest BCUT2D eigenvalue weighted by atomic mass is 10.2. The molecule has 0 saturated heterocycles. The molecule has 0 amide bonds. The highest BCUT2D eigenvalue weighted by atomic mass is 79.9. The molecule has 0 atom stereocenters. The van der Waals surface area contributed by atoms with Gasteiger partial charge < -0.3 is 10.3 Å². The van der Waals surface area contributed by atoms with Gasteiger partial charge in [-0.2, -0.15) is 0 Å². The van der Waals surface area contributed by atoms with Gasteiger partial charge in [0.1, 0.15) is 0 Å². The largest absolute Gasteiger partial charge is 0.338 e. The van der Waals surface area contributed by atoms with Crippen molar-refractivity contribution in [2.24, 2.45) is 12.8 Å². The van der Waals surface area contributed by atoms with Crippen molar-refractivity contribution in [3.63, 3.8) is 0 Å². The first-order chi connectivity index (χ1) is 6.65. The molecular weight excluding hydrogens is 263 g/mol. The van der Waals surface area contributed by atoms with Gasteiger partial charge in [-0.05, 0) is 28.1 Å². The molecule has 1 aromatic heterocycles. The predicted molar refractivity (Wildman–Crippen MR) is 63.5 cm³/mol. The van der Waals surface area contributed by atoms with Crippen LogP contribution in [0.1, 0.15) is 5.56 Å². The number of aromatic nitrogens is 1. The molecule has 0 fully saturated rings. The third-order valence-corrected chi connectivity index (χ3v) is 3.64.